The zero-order valence-corrected chi connectivity index (χ0v) is 30.0. The van der Waals surface area contributed by atoms with Crippen molar-refractivity contribution in [2.24, 2.45) is 23.7 Å². The molecule has 0 aromatic heterocycles. The molecule has 258 valence electrons. The zero-order valence-electron chi connectivity index (χ0n) is 28.4. The number of aryl methyl sites for hydroxylation is 1. The fourth-order valence-electron chi connectivity index (χ4n) is 8.13. The van der Waals surface area contributed by atoms with Crippen LogP contribution in [0.4, 0.5) is 5.69 Å². The molecular formula is C37H53ClN4O4S. The van der Waals surface area contributed by atoms with E-state index in [0.29, 0.717) is 29.9 Å². The van der Waals surface area contributed by atoms with Crippen molar-refractivity contribution in [2.75, 3.05) is 57.8 Å². The lowest BCUT2D eigenvalue weighted by Crippen LogP contribution is -2.49. The van der Waals surface area contributed by atoms with Gasteiger partial charge < -0.3 is 19.4 Å². The van der Waals surface area contributed by atoms with E-state index in [2.05, 4.69) is 32.5 Å². The maximum atomic E-state index is 13.5. The highest BCUT2D eigenvalue weighted by Gasteiger charge is 2.39. The smallest absolute Gasteiger partial charge is 0.264 e. The van der Waals surface area contributed by atoms with Gasteiger partial charge in [0.1, 0.15) is 12.4 Å². The Morgan fingerprint density at radius 3 is 2.49 bits per heavy atom. The SMILES string of the molecule is C[C@@H]1[C@@H](C)CCC[C@@H](CN2CCN(C)CC2)[C@@H]2CC[C@H]2CN2CCCCc3cc(Cl)ccc3COc3ccc(cc32)C(=O)NS1(=O)=O. The molecule has 3 aliphatic heterocycles. The van der Waals surface area contributed by atoms with Crippen LogP contribution >= 0.6 is 11.6 Å². The first-order valence-electron chi connectivity index (χ1n) is 17.8. The number of piperazine rings is 1. The molecule has 10 heteroatoms. The number of hydrogen-bond donors (Lipinski definition) is 1. The number of anilines is 1. The number of rotatable bonds is 2. The number of carbonyl (C=O) groups is 1. The summed E-state index contributed by atoms with van der Waals surface area (Å²) in [7, 11) is -1.64. The molecule has 2 bridgehead atoms. The minimum Gasteiger partial charge on any atom is -0.487 e. The quantitative estimate of drug-likeness (QED) is 0.402. The molecule has 2 aromatic carbocycles. The summed E-state index contributed by atoms with van der Waals surface area (Å²) in [6.45, 7) is 11.5. The van der Waals surface area contributed by atoms with Gasteiger partial charge in [-0.2, -0.15) is 0 Å². The molecule has 1 saturated heterocycles. The summed E-state index contributed by atoms with van der Waals surface area (Å²) in [4.78, 5) is 21.0. The molecule has 0 radical (unpaired) electrons. The van der Waals surface area contributed by atoms with Gasteiger partial charge in [0.25, 0.3) is 5.91 Å². The number of sulfonamides is 1. The molecule has 2 aromatic rings. The minimum absolute atomic E-state index is 0.0521. The second-order valence-corrected chi connectivity index (χ2v) is 17.2. The maximum absolute atomic E-state index is 13.5. The Hall–Kier alpha value is -2.33. The molecule has 8 nitrogen and oxygen atoms in total. The summed E-state index contributed by atoms with van der Waals surface area (Å²) < 4.78 is 35.8. The molecule has 1 aliphatic carbocycles. The summed E-state index contributed by atoms with van der Waals surface area (Å²) in [5.41, 5.74) is 3.55. The van der Waals surface area contributed by atoms with Gasteiger partial charge in [-0.05, 0) is 124 Å². The monoisotopic (exact) mass is 684 g/mol. The third kappa shape index (κ3) is 8.28. The van der Waals surface area contributed by atoms with Gasteiger partial charge in [0, 0.05) is 56.4 Å². The van der Waals surface area contributed by atoms with Crippen LogP contribution in [0.5, 0.6) is 5.75 Å². The van der Waals surface area contributed by atoms with Crippen molar-refractivity contribution < 1.29 is 17.9 Å². The highest BCUT2D eigenvalue weighted by Crippen LogP contribution is 2.44. The molecule has 3 heterocycles. The molecule has 0 spiro atoms. The topological polar surface area (TPSA) is 82.2 Å². The molecule has 4 aliphatic rings. The van der Waals surface area contributed by atoms with Gasteiger partial charge in [0.05, 0.1) is 10.9 Å². The average Bonchev–Trinajstić information content (AvgIpc) is 3.06. The Labute approximate surface area is 287 Å². The van der Waals surface area contributed by atoms with Crippen LogP contribution in [0.1, 0.15) is 80.3 Å². The zero-order chi connectivity index (χ0) is 33.1. The first kappa shape index (κ1) is 34.5. The number of likely N-dealkylation sites (N-methyl/N-ethyl adjacent to an activating group) is 1. The van der Waals surface area contributed by atoms with Gasteiger partial charge in [-0.25, -0.2) is 13.1 Å². The lowest BCUT2D eigenvalue weighted by molar-refractivity contribution is 0.0541. The number of ether oxygens (including phenoxy) is 1. The van der Waals surface area contributed by atoms with Crippen molar-refractivity contribution >= 4 is 33.2 Å². The largest absolute Gasteiger partial charge is 0.487 e. The molecule has 1 N–H and O–H groups in total. The number of halogens is 1. The van der Waals surface area contributed by atoms with E-state index in [1.807, 2.05) is 31.2 Å². The van der Waals surface area contributed by atoms with E-state index in [4.69, 9.17) is 16.3 Å². The number of benzene rings is 2. The summed E-state index contributed by atoms with van der Waals surface area (Å²) in [6, 6.07) is 11.4. The van der Waals surface area contributed by atoms with E-state index >= 15 is 0 Å². The molecule has 0 unspecified atom stereocenters. The Morgan fingerprint density at radius 1 is 0.915 bits per heavy atom. The first-order valence-corrected chi connectivity index (χ1v) is 19.8. The van der Waals surface area contributed by atoms with Crippen LogP contribution in [0.2, 0.25) is 5.02 Å². The van der Waals surface area contributed by atoms with Crippen LogP contribution in [0.3, 0.4) is 0 Å². The van der Waals surface area contributed by atoms with Gasteiger partial charge in [-0.1, -0.05) is 31.0 Å². The number of amides is 1. The van der Waals surface area contributed by atoms with Crippen molar-refractivity contribution in [2.45, 2.75) is 77.1 Å². The van der Waals surface area contributed by atoms with Crippen LogP contribution < -0.4 is 14.4 Å². The molecule has 5 atom stereocenters. The van der Waals surface area contributed by atoms with Crippen molar-refractivity contribution in [1.29, 1.82) is 0 Å². The Bertz CT molecular complexity index is 1510. The summed E-state index contributed by atoms with van der Waals surface area (Å²) in [5.74, 6) is 1.89. The van der Waals surface area contributed by atoms with Crippen molar-refractivity contribution in [3.05, 3.63) is 58.1 Å². The van der Waals surface area contributed by atoms with E-state index in [9.17, 15) is 13.2 Å². The predicted octanol–water partition coefficient (Wildman–Crippen LogP) is 6.22. The van der Waals surface area contributed by atoms with E-state index in [1.54, 1.807) is 13.0 Å². The molecule has 2 fully saturated rings. The lowest BCUT2D eigenvalue weighted by atomic mass is 9.65. The Balaban J connectivity index is 1.34. The van der Waals surface area contributed by atoms with Crippen LogP contribution in [0, 0.1) is 23.7 Å². The molecule has 1 amide bonds. The number of carbonyl (C=O) groups excluding carboxylic acids is 1. The van der Waals surface area contributed by atoms with Crippen molar-refractivity contribution in [3.63, 3.8) is 0 Å². The second-order valence-electron chi connectivity index (χ2n) is 14.7. The van der Waals surface area contributed by atoms with Gasteiger partial charge in [0.15, 0.2) is 0 Å². The number of nitrogens with zero attached hydrogens (tertiary/aromatic N) is 3. The van der Waals surface area contributed by atoms with Crippen LogP contribution in [0.25, 0.3) is 0 Å². The van der Waals surface area contributed by atoms with Crippen LogP contribution in [-0.4, -0.2) is 82.2 Å². The molecule has 1 saturated carbocycles. The highest BCUT2D eigenvalue weighted by atomic mass is 35.5. The fraction of sp³-hybridized carbons (Fsp3) is 0.649. The summed E-state index contributed by atoms with van der Waals surface area (Å²) in [5, 5.41) is 0.0710. The third-order valence-electron chi connectivity index (χ3n) is 11.6. The average molecular weight is 685 g/mol. The maximum Gasteiger partial charge on any atom is 0.264 e. The van der Waals surface area contributed by atoms with Gasteiger partial charge in [0.2, 0.25) is 10.0 Å². The third-order valence-corrected chi connectivity index (χ3v) is 13.8. The Kier molecular flexibility index (Phi) is 11.1. The second kappa shape index (κ2) is 15.1. The summed E-state index contributed by atoms with van der Waals surface area (Å²) >= 11 is 6.38. The van der Waals surface area contributed by atoms with Crippen molar-refractivity contribution in [1.82, 2.24) is 14.5 Å². The molecule has 6 rings (SSSR count). The predicted molar refractivity (Wildman–Crippen MR) is 190 cm³/mol. The summed E-state index contributed by atoms with van der Waals surface area (Å²) in [6.07, 6.45) is 8.37. The highest BCUT2D eigenvalue weighted by molar-refractivity contribution is 7.90. The molecule has 47 heavy (non-hydrogen) atoms. The Morgan fingerprint density at radius 2 is 1.72 bits per heavy atom. The first-order chi connectivity index (χ1) is 22.6. The van der Waals surface area contributed by atoms with E-state index in [0.717, 1.165) is 106 Å². The van der Waals surface area contributed by atoms with E-state index in [-0.39, 0.29) is 5.92 Å². The van der Waals surface area contributed by atoms with Crippen LogP contribution in [0.15, 0.2) is 36.4 Å². The van der Waals surface area contributed by atoms with Gasteiger partial charge in [-0.15, -0.1) is 0 Å². The number of hydrogen-bond acceptors (Lipinski definition) is 7. The van der Waals surface area contributed by atoms with Crippen molar-refractivity contribution in [3.8, 4) is 5.75 Å². The number of nitrogens with one attached hydrogen (secondary N) is 1. The molecular weight excluding hydrogens is 632 g/mol. The fourth-order valence-corrected chi connectivity index (χ4v) is 9.64. The lowest BCUT2D eigenvalue weighted by Gasteiger charge is -2.47. The normalized spacial score (nSPS) is 29.7. The number of fused-ring (bicyclic) bond motifs is 3. The van der Waals surface area contributed by atoms with E-state index in [1.165, 1.54) is 18.4 Å². The van der Waals surface area contributed by atoms with Gasteiger partial charge in [-0.3, -0.25) is 4.79 Å². The van der Waals surface area contributed by atoms with Gasteiger partial charge >= 0.3 is 0 Å². The minimum atomic E-state index is -3.85. The van der Waals surface area contributed by atoms with E-state index < -0.39 is 21.2 Å². The van der Waals surface area contributed by atoms with Crippen LogP contribution in [-0.2, 0) is 23.1 Å². The standard InChI is InChI=1S/C37H53ClN4O4S/c1-26-7-6-9-30(23-41-19-17-40(3)18-20-41)34-14-11-31(34)24-42-16-5-4-8-28-21-33(38)13-10-32(28)25-46-36-15-12-29(22-35(36)42)37(43)39-47(44,45)27(26)2/h10,12-13,15,21-22,26-27,30-31,34H,4-9,11,14,16-20,23-25H2,1-3H3,(H,39,43)/t26-,27+,30-,31-,34-/m0/s1.